The topological polar surface area (TPSA) is 39.4 Å². The highest BCUT2D eigenvalue weighted by atomic mass is 16.5. The molecule has 0 fully saturated rings. The molecule has 0 amide bonds. The number of aryl methyl sites for hydroxylation is 1. The Balaban J connectivity index is 2.03. The van der Waals surface area contributed by atoms with Gasteiger partial charge < -0.3 is 9.15 Å². The number of rotatable bonds is 4. The first-order valence-electron chi connectivity index (χ1n) is 9.03. The number of benzene rings is 3. The minimum Gasteiger partial charge on any atom is -0.463 e. The van der Waals surface area contributed by atoms with Crippen molar-refractivity contribution < 1.29 is 13.9 Å². The van der Waals surface area contributed by atoms with Crippen molar-refractivity contribution in [3.63, 3.8) is 0 Å². The number of carbonyl (C=O) groups excluding carboxylic acids is 1. The summed E-state index contributed by atoms with van der Waals surface area (Å²) in [6.07, 6.45) is 1.74. The first-order valence-corrected chi connectivity index (χ1v) is 9.03. The van der Waals surface area contributed by atoms with Crippen molar-refractivity contribution in [2.75, 3.05) is 6.61 Å². The first kappa shape index (κ1) is 17.1. The zero-order chi connectivity index (χ0) is 18.8. The van der Waals surface area contributed by atoms with E-state index in [9.17, 15) is 4.79 Å². The lowest BCUT2D eigenvalue weighted by molar-refractivity contribution is 0.0528. The molecule has 3 nitrogen and oxygen atoms in total. The second-order valence-corrected chi connectivity index (χ2v) is 6.42. The second-order valence-electron chi connectivity index (χ2n) is 6.42. The number of furan rings is 1. The Labute approximate surface area is 158 Å². The Bertz CT molecular complexity index is 1110. The van der Waals surface area contributed by atoms with Gasteiger partial charge in [0.25, 0.3) is 0 Å². The van der Waals surface area contributed by atoms with Gasteiger partial charge in [-0.2, -0.15) is 0 Å². The van der Waals surface area contributed by atoms with Gasteiger partial charge in [0.15, 0.2) is 0 Å². The second kappa shape index (κ2) is 7.12. The monoisotopic (exact) mass is 356 g/mol. The lowest BCUT2D eigenvalue weighted by atomic mass is 9.94. The van der Waals surface area contributed by atoms with E-state index in [0.717, 1.165) is 33.2 Å². The normalized spacial score (nSPS) is 10.9. The highest BCUT2D eigenvalue weighted by molar-refractivity contribution is 6.13. The maximum atomic E-state index is 12.6. The van der Waals surface area contributed by atoms with Crippen molar-refractivity contribution >= 4 is 16.9 Å². The Morgan fingerprint density at radius 3 is 2.37 bits per heavy atom. The summed E-state index contributed by atoms with van der Waals surface area (Å²) in [5, 5.41) is 0.795. The van der Waals surface area contributed by atoms with E-state index in [0.29, 0.717) is 17.8 Å². The summed E-state index contributed by atoms with van der Waals surface area (Å²) in [6, 6.07) is 21.9. The number of hydrogen-bond acceptors (Lipinski definition) is 3. The fraction of sp³-hybridized carbons (Fsp3) is 0.125. The van der Waals surface area contributed by atoms with Crippen LogP contribution in [0.4, 0.5) is 0 Å². The van der Waals surface area contributed by atoms with Crippen molar-refractivity contribution in [3.8, 4) is 22.3 Å². The predicted molar refractivity (Wildman–Crippen MR) is 108 cm³/mol. The molecule has 27 heavy (non-hydrogen) atoms. The van der Waals surface area contributed by atoms with Crippen LogP contribution >= 0.6 is 0 Å². The lowest BCUT2D eigenvalue weighted by Gasteiger charge is -2.10. The smallest absolute Gasteiger partial charge is 0.338 e. The largest absolute Gasteiger partial charge is 0.463 e. The van der Waals surface area contributed by atoms with Crippen LogP contribution in [-0.2, 0) is 4.74 Å². The van der Waals surface area contributed by atoms with Crippen molar-refractivity contribution in [2.45, 2.75) is 13.8 Å². The van der Waals surface area contributed by atoms with Gasteiger partial charge in [-0.1, -0.05) is 54.6 Å². The van der Waals surface area contributed by atoms with Gasteiger partial charge in [0.1, 0.15) is 5.58 Å². The average Bonchev–Trinajstić information content (AvgIpc) is 3.13. The maximum Gasteiger partial charge on any atom is 0.338 e. The van der Waals surface area contributed by atoms with E-state index in [1.807, 2.05) is 67.6 Å². The standard InChI is InChI=1S/C24H20O3/c1-3-26-24(25)20-14-13-19(17-10-5-4-6-11-17)23-22(20)21(15-27-23)18-12-8-7-9-16(18)2/h4-15H,3H2,1-2H3. The van der Waals surface area contributed by atoms with Crippen LogP contribution in [0.1, 0.15) is 22.8 Å². The van der Waals surface area contributed by atoms with Crippen LogP contribution in [0.25, 0.3) is 33.2 Å². The summed E-state index contributed by atoms with van der Waals surface area (Å²) in [5.74, 6) is -0.335. The van der Waals surface area contributed by atoms with Crippen LogP contribution in [0.5, 0.6) is 0 Å². The Hall–Kier alpha value is -3.33. The fourth-order valence-corrected chi connectivity index (χ4v) is 3.45. The van der Waals surface area contributed by atoms with Gasteiger partial charge in [0, 0.05) is 16.5 Å². The summed E-state index contributed by atoms with van der Waals surface area (Å²) >= 11 is 0. The highest BCUT2D eigenvalue weighted by Gasteiger charge is 2.21. The molecule has 3 aromatic carbocycles. The lowest BCUT2D eigenvalue weighted by Crippen LogP contribution is -2.05. The Morgan fingerprint density at radius 1 is 0.889 bits per heavy atom. The molecule has 0 atom stereocenters. The molecular formula is C24H20O3. The summed E-state index contributed by atoms with van der Waals surface area (Å²) in [4.78, 5) is 12.6. The van der Waals surface area contributed by atoms with E-state index in [1.165, 1.54) is 0 Å². The number of carbonyl (C=O) groups is 1. The molecule has 0 N–H and O–H groups in total. The van der Waals surface area contributed by atoms with Crippen LogP contribution in [0.3, 0.4) is 0 Å². The van der Waals surface area contributed by atoms with Crippen LogP contribution in [0.2, 0.25) is 0 Å². The predicted octanol–water partition coefficient (Wildman–Crippen LogP) is 6.25. The van der Waals surface area contributed by atoms with E-state index in [2.05, 4.69) is 13.0 Å². The van der Waals surface area contributed by atoms with Gasteiger partial charge in [0.05, 0.1) is 18.4 Å². The van der Waals surface area contributed by atoms with Gasteiger partial charge in [-0.3, -0.25) is 0 Å². The molecule has 0 aliphatic rings. The van der Waals surface area contributed by atoms with Crippen LogP contribution in [0, 0.1) is 6.92 Å². The van der Waals surface area contributed by atoms with Gasteiger partial charge in [-0.25, -0.2) is 4.79 Å². The number of esters is 1. The van der Waals surface area contributed by atoms with Crippen molar-refractivity contribution in [3.05, 3.63) is 84.1 Å². The summed E-state index contributed by atoms with van der Waals surface area (Å²) in [5.41, 5.74) is 6.31. The molecule has 134 valence electrons. The zero-order valence-corrected chi connectivity index (χ0v) is 15.4. The van der Waals surface area contributed by atoms with Crippen molar-refractivity contribution in [1.29, 1.82) is 0 Å². The molecule has 0 saturated heterocycles. The summed E-state index contributed by atoms with van der Waals surface area (Å²) in [6.45, 7) is 4.20. The molecule has 0 bridgehead atoms. The zero-order valence-electron chi connectivity index (χ0n) is 15.4. The van der Waals surface area contributed by atoms with E-state index in [1.54, 1.807) is 6.26 Å². The van der Waals surface area contributed by atoms with E-state index in [4.69, 9.17) is 9.15 Å². The number of hydrogen-bond donors (Lipinski definition) is 0. The quantitative estimate of drug-likeness (QED) is 0.406. The third-order valence-electron chi connectivity index (χ3n) is 4.74. The third kappa shape index (κ3) is 3.02. The van der Waals surface area contributed by atoms with E-state index in [-0.39, 0.29) is 5.97 Å². The molecule has 4 aromatic rings. The summed E-state index contributed by atoms with van der Waals surface area (Å²) in [7, 11) is 0. The number of fused-ring (bicyclic) bond motifs is 1. The van der Waals surface area contributed by atoms with E-state index < -0.39 is 0 Å². The molecule has 1 aromatic heterocycles. The minimum absolute atomic E-state index is 0.332. The summed E-state index contributed by atoms with van der Waals surface area (Å²) < 4.78 is 11.3. The van der Waals surface area contributed by atoms with Crippen LogP contribution in [0.15, 0.2) is 77.4 Å². The van der Waals surface area contributed by atoms with Gasteiger partial charge in [-0.05, 0) is 42.7 Å². The highest BCUT2D eigenvalue weighted by Crippen LogP contribution is 2.39. The third-order valence-corrected chi connectivity index (χ3v) is 4.74. The van der Waals surface area contributed by atoms with Gasteiger partial charge in [0.2, 0.25) is 0 Å². The molecule has 0 spiro atoms. The molecule has 0 radical (unpaired) electrons. The maximum absolute atomic E-state index is 12.6. The van der Waals surface area contributed by atoms with Crippen molar-refractivity contribution in [2.24, 2.45) is 0 Å². The van der Waals surface area contributed by atoms with Crippen LogP contribution < -0.4 is 0 Å². The minimum atomic E-state index is -0.335. The fourth-order valence-electron chi connectivity index (χ4n) is 3.45. The molecule has 0 saturated carbocycles. The molecule has 0 aliphatic carbocycles. The molecule has 1 heterocycles. The first-order chi connectivity index (χ1) is 13.2. The van der Waals surface area contributed by atoms with Crippen molar-refractivity contribution in [1.82, 2.24) is 0 Å². The van der Waals surface area contributed by atoms with Gasteiger partial charge >= 0.3 is 5.97 Å². The van der Waals surface area contributed by atoms with Gasteiger partial charge in [-0.15, -0.1) is 0 Å². The Morgan fingerprint density at radius 2 is 1.63 bits per heavy atom. The molecule has 3 heteroatoms. The molecular weight excluding hydrogens is 336 g/mol. The van der Waals surface area contributed by atoms with E-state index >= 15 is 0 Å². The Kier molecular flexibility index (Phi) is 4.51. The average molecular weight is 356 g/mol. The molecule has 0 unspecified atom stereocenters. The molecule has 4 rings (SSSR count). The SMILES string of the molecule is CCOC(=O)c1ccc(-c2ccccc2)c2occ(-c3ccccc3C)c12. The van der Waals surface area contributed by atoms with Crippen LogP contribution in [-0.4, -0.2) is 12.6 Å². The molecule has 0 aliphatic heterocycles. The number of ether oxygens (including phenoxy) is 1.